The van der Waals surface area contributed by atoms with Gasteiger partial charge in [0.15, 0.2) is 0 Å². The van der Waals surface area contributed by atoms with Gasteiger partial charge in [-0.05, 0) is 31.6 Å². The second-order valence-corrected chi connectivity index (χ2v) is 3.02. The van der Waals surface area contributed by atoms with Crippen LogP contribution in [0.3, 0.4) is 0 Å². The summed E-state index contributed by atoms with van der Waals surface area (Å²) >= 11 is 0. The number of aliphatic hydroxyl groups is 1. The van der Waals surface area contributed by atoms with Gasteiger partial charge < -0.3 is 5.11 Å². The van der Waals surface area contributed by atoms with E-state index in [0.717, 1.165) is 12.8 Å². The summed E-state index contributed by atoms with van der Waals surface area (Å²) in [7, 11) is 0. The Bertz CT molecular complexity index is 147. The fourth-order valence-corrected chi connectivity index (χ4v) is 1.40. The van der Waals surface area contributed by atoms with Gasteiger partial charge >= 0.3 is 0 Å². The molecule has 0 saturated carbocycles. The van der Waals surface area contributed by atoms with Crippen LogP contribution < -0.4 is 0 Å². The van der Waals surface area contributed by atoms with Gasteiger partial charge in [0.25, 0.3) is 0 Å². The minimum absolute atomic E-state index is 0.331. The minimum atomic E-state index is 0.331. The lowest BCUT2D eigenvalue weighted by atomic mass is 9.98. The van der Waals surface area contributed by atoms with E-state index >= 15 is 0 Å². The molecule has 1 aliphatic carbocycles. The molecular weight excluding hydrogens is 136 g/mol. The normalized spacial score (nSPS) is 23.5. The van der Waals surface area contributed by atoms with E-state index in [4.69, 9.17) is 5.11 Å². The van der Waals surface area contributed by atoms with Gasteiger partial charge in [-0.25, -0.2) is 0 Å². The van der Waals surface area contributed by atoms with Crippen LogP contribution in [-0.2, 0) is 0 Å². The van der Waals surface area contributed by atoms with Gasteiger partial charge in [0.1, 0.15) is 0 Å². The van der Waals surface area contributed by atoms with E-state index in [1.54, 1.807) is 0 Å². The van der Waals surface area contributed by atoms with Gasteiger partial charge in [-0.15, -0.1) is 0 Å². The lowest BCUT2D eigenvalue weighted by Crippen LogP contribution is -1.96. The van der Waals surface area contributed by atoms with E-state index in [1.807, 2.05) is 0 Å². The van der Waals surface area contributed by atoms with Crippen LogP contribution in [0.15, 0.2) is 24.3 Å². The number of hydrogen-bond acceptors (Lipinski definition) is 1. The number of allylic oxidation sites excluding steroid dienone is 4. The van der Waals surface area contributed by atoms with Gasteiger partial charge in [0.05, 0.1) is 0 Å². The van der Waals surface area contributed by atoms with Gasteiger partial charge in [0, 0.05) is 6.61 Å². The molecule has 1 nitrogen and oxygen atoms in total. The molecule has 0 fully saturated rings. The first-order valence-electron chi connectivity index (χ1n) is 4.37. The molecule has 0 saturated heterocycles. The summed E-state index contributed by atoms with van der Waals surface area (Å²) in [6.07, 6.45) is 13.2. The molecule has 1 rings (SSSR count). The van der Waals surface area contributed by atoms with E-state index in [1.165, 1.54) is 12.8 Å². The number of rotatable bonds is 3. The molecular formula is C10H16O. The van der Waals surface area contributed by atoms with Crippen molar-refractivity contribution in [3.8, 4) is 0 Å². The third-order valence-electron chi connectivity index (χ3n) is 2.07. The second-order valence-electron chi connectivity index (χ2n) is 3.02. The smallest absolute Gasteiger partial charge is 0.0431 e. The maximum atomic E-state index is 8.63. The maximum Gasteiger partial charge on any atom is 0.0431 e. The summed E-state index contributed by atoms with van der Waals surface area (Å²) in [4.78, 5) is 0. The molecule has 0 aromatic carbocycles. The Labute approximate surface area is 68.4 Å². The molecule has 0 aromatic rings. The highest BCUT2D eigenvalue weighted by Gasteiger charge is 2.03. The van der Waals surface area contributed by atoms with Gasteiger partial charge in [-0.2, -0.15) is 0 Å². The minimum Gasteiger partial charge on any atom is -0.396 e. The highest BCUT2D eigenvalue weighted by molar-refractivity contribution is 5.07. The Kier molecular flexibility index (Phi) is 3.99. The van der Waals surface area contributed by atoms with E-state index in [0.29, 0.717) is 12.5 Å². The predicted octanol–water partition coefficient (Wildman–Crippen LogP) is 2.28. The average molecular weight is 152 g/mol. The highest BCUT2D eigenvalue weighted by Crippen LogP contribution is 2.17. The van der Waals surface area contributed by atoms with E-state index in [9.17, 15) is 0 Å². The molecule has 0 amide bonds. The van der Waals surface area contributed by atoms with E-state index in [2.05, 4.69) is 24.3 Å². The summed E-state index contributed by atoms with van der Waals surface area (Å²) < 4.78 is 0. The number of aliphatic hydroxyl groups excluding tert-OH is 1. The molecule has 0 spiro atoms. The molecule has 0 aliphatic heterocycles. The molecule has 1 N–H and O–H groups in total. The fourth-order valence-electron chi connectivity index (χ4n) is 1.40. The Morgan fingerprint density at radius 1 is 1.36 bits per heavy atom. The Balaban J connectivity index is 2.23. The molecule has 0 radical (unpaired) electrons. The van der Waals surface area contributed by atoms with Crippen molar-refractivity contribution < 1.29 is 5.11 Å². The lowest BCUT2D eigenvalue weighted by Gasteiger charge is -2.08. The first-order chi connectivity index (χ1) is 5.43. The zero-order chi connectivity index (χ0) is 7.94. The molecule has 1 unspecified atom stereocenters. The summed E-state index contributed by atoms with van der Waals surface area (Å²) in [6.45, 7) is 0.331. The number of hydrogen-bond donors (Lipinski definition) is 1. The monoisotopic (exact) mass is 152 g/mol. The van der Waals surface area contributed by atoms with Gasteiger partial charge in [0.2, 0.25) is 0 Å². The quantitative estimate of drug-likeness (QED) is 0.657. The van der Waals surface area contributed by atoms with Crippen molar-refractivity contribution in [2.75, 3.05) is 6.61 Å². The average Bonchev–Trinajstić information content (AvgIpc) is 2.28. The maximum absolute atomic E-state index is 8.63. The largest absolute Gasteiger partial charge is 0.396 e. The fraction of sp³-hybridized carbons (Fsp3) is 0.600. The third kappa shape index (κ3) is 3.38. The van der Waals surface area contributed by atoms with Crippen LogP contribution in [0.1, 0.15) is 25.7 Å². The van der Waals surface area contributed by atoms with Crippen LogP contribution in [0, 0.1) is 5.92 Å². The van der Waals surface area contributed by atoms with Crippen LogP contribution in [0.25, 0.3) is 0 Å². The van der Waals surface area contributed by atoms with Crippen molar-refractivity contribution in [2.24, 2.45) is 5.92 Å². The molecule has 1 heteroatoms. The van der Waals surface area contributed by atoms with Crippen LogP contribution in [0.4, 0.5) is 0 Å². The van der Waals surface area contributed by atoms with Gasteiger partial charge in [-0.1, -0.05) is 24.3 Å². The second kappa shape index (κ2) is 5.14. The highest BCUT2D eigenvalue weighted by atomic mass is 16.2. The standard InChI is InChI=1S/C10H16O/c11-9-5-8-10-6-3-1-2-4-7-10/h1-3,6,10-11H,4-5,7-9H2. The zero-order valence-corrected chi connectivity index (χ0v) is 6.87. The predicted molar refractivity (Wildman–Crippen MR) is 47.3 cm³/mol. The molecule has 11 heavy (non-hydrogen) atoms. The van der Waals surface area contributed by atoms with Crippen molar-refractivity contribution >= 4 is 0 Å². The van der Waals surface area contributed by atoms with Crippen LogP contribution in [0.2, 0.25) is 0 Å². The zero-order valence-electron chi connectivity index (χ0n) is 6.87. The molecule has 62 valence electrons. The van der Waals surface area contributed by atoms with Gasteiger partial charge in [-0.3, -0.25) is 0 Å². The first-order valence-corrected chi connectivity index (χ1v) is 4.37. The summed E-state index contributed by atoms with van der Waals surface area (Å²) in [6, 6.07) is 0. The molecule has 1 aliphatic rings. The summed E-state index contributed by atoms with van der Waals surface area (Å²) in [5, 5.41) is 8.63. The molecule has 0 heterocycles. The van der Waals surface area contributed by atoms with Crippen LogP contribution in [-0.4, -0.2) is 11.7 Å². The van der Waals surface area contributed by atoms with Crippen molar-refractivity contribution in [3.05, 3.63) is 24.3 Å². The van der Waals surface area contributed by atoms with E-state index < -0.39 is 0 Å². The van der Waals surface area contributed by atoms with Crippen molar-refractivity contribution in [2.45, 2.75) is 25.7 Å². The molecule has 1 atom stereocenters. The third-order valence-corrected chi connectivity index (χ3v) is 2.07. The summed E-state index contributed by atoms with van der Waals surface area (Å²) in [5.41, 5.74) is 0. The lowest BCUT2D eigenvalue weighted by molar-refractivity contribution is 0.276. The van der Waals surface area contributed by atoms with Crippen LogP contribution in [0.5, 0.6) is 0 Å². The molecule has 0 aromatic heterocycles. The van der Waals surface area contributed by atoms with Crippen molar-refractivity contribution in [3.63, 3.8) is 0 Å². The Morgan fingerprint density at radius 2 is 2.27 bits per heavy atom. The van der Waals surface area contributed by atoms with E-state index in [-0.39, 0.29) is 0 Å². The summed E-state index contributed by atoms with van der Waals surface area (Å²) in [5.74, 6) is 0.692. The van der Waals surface area contributed by atoms with Crippen molar-refractivity contribution in [1.29, 1.82) is 0 Å². The topological polar surface area (TPSA) is 20.2 Å². The van der Waals surface area contributed by atoms with Crippen molar-refractivity contribution in [1.82, 2.24) is 0 Å². The first kappa shape index (κ1) is 8.54. The molecule has 0 bridgehead atoms. The Hall–Kier alpha value is -0.560. The van der Waals surface area contributed by atoms with Crippen LogP contribution >= 0.6 is 0 Å². The Morgan fingerprint density at radius 3 is 3.09 bits per heavy atom. The SMILES string of the molecule is OCCCC1C=CC=CCC1.